The van der Waals surface area contributed by atoms with E-state index < -0.39 is 17.8 Å². The second-order valence-corrected chi connectivity index (χ2v) is 4.08. The Labute approximate surface area is 101 Å². The van der Waals surface area contributed by atoms with Gasteiger partial charge in [0.1, 0.15) is 11.9 Å². The quantitative estimate of drug-likeness (QED) is 0.853. The third kappa shape index (κ3) is 1.80. The van der Waals surface area contributed by atoms with Crippen LogP contribution in [0.3, 0.4) is 0 Å². The number of fused-ring (bicyclic) bond motifs is 1. The summed E-state index contributed by atoms with van der Waals surface area (Å²) in [4.78, 5) is 15.1. The Morgan fingerprint density at radius 1 is 1.59 bits per heavy atom. The molecule has 0 radical (unpaired) electrons. The van der Waals surface area contributed by atoms with E-state index in [0.717, 1.165) is 6.07 Å². The maximum absolute atomic E-state index is 13.2. The van der Waals surface area contributed by atoms with E-state index >= 15 is 0 Å². The van der Waals surface area contributed by atoms with Crippen molar-refractivity contribution in [1.82, 2.24) is 9.55 Å². The molecule has 0 saturated carbocycles. The normalized spacial score (nSPS) is 12.9. The third-order valence-corrected chi connectivity index (χ3v) is 2.85. The number of aromatic nitrogens is 2. The molecule has 1 aromatic heterocycles. The Morgan fingerprint density at radius 2 is 2.24 bits per heavy atom. The summed E-state index contributed by atoms with van der Waals surface area (Å²) in [6.07, 6.45) is 0. The maximum Gasteiger partial charge on any atom is 0.240 e. The van der Waals surface area contributed by atoms with Gasteiger partial charge in [0, 0.05) is 6.07 Å². The molecule has 0 aliphatic carbocycles. The smallest absolute Gasteiger partial charge is 0.240 e. The molecule has 0 aliphatic rings. The molecule has 0 fully saturated rings. The average Bonchev–Trinajstić information content (AvgIpc) is 2.53. The predicted molar refractivity (Wildman–Crippen MR) is 63.0 cm³/mol. The molecule has 0 spiro atoms. The number of imidazole rings is 1. The van der Waals surface area contributed by atoms with Gasteiger partial charge < -0.3 is 11.5 Å². The van der Waals surface area contributed by atoms with E-state index in [4.69, 9.17) is 23.1 Å². The summed E-state index contributed by atoms with van der Waals surface area (Å²) in [5.41, 5.74) is 11.7. The summed E-state index contributed by atoms with van der Waals surface area (Å²) in [5.74, 6) is -1.06. The number of benzene rings is 1. The molecule has 0 aliphatic heterocycles. The van der Waals surface area contributed by atoms with E-state index in [-0.39, 0.29) is 11.0 Å². The average molecular weight is 257 g/mol. The molecule has 5 nitrogen and oxygen atoms in total. The van der Waals surface area contributed by atoms with E-state index in [1.54, 1.807) is 6.92 Å². The van der Waals surface area contributed by atoms with Gasteiger partial charge in [-0.3, -0.25) is 9.36 Å². The zero-order chi connectivity index (χ0) is 12.7. The molecule has 1 aromatic carbocycles. The summed E-state index contributed by atoms with van der Waals surface area (Å²) in [6.45, 7) is 1.58. The van der Waals surface area contributed by atoms with Crippen LogP contribution in [0.4, 0.5) is 10.3 Å². The Bertz CT molecular complexity index is 610. The van der Waals surface area contributed by atoms with E-state index in [0.29, 0.717) is 11.0 Å². The van der Waals surface area contributed by atoms with Crippen molar-refractivity contribution in [3.63, 3.8) is 0 Å². The van der Waals surface area contributed by atoms with Crippen LogP contribution in [0.1, 0.15) is 13.0 Å². The van der Waals surface area contributed by atoms with Gasteiger partial charge in [-0.05, 0) is 13.0 Å². The fourth-order valence-electron chi connectivity index (χ4n) is 1.64. The number of nitrogens with zero attached hydrogens (tertiary/aromatic N) is 2. The van der Waals surface area contributed by atoms with Crippen LogP contribution in [0.5, 0.6) is 0 Å². The number of hydrogen-bond donors (Lipinski definition) is 2. The number of rotatable bonds is 2. The minimum Gasteiger partial charge on any atom is -0.369 e. The lowest BCUT2D eigenvalue weighted by molar-refractivity contribution is -0.120. The van der Waals surface area contributed by atoms with Crippen molar-refractivity contribution in [2.45, 2.75) is 13.0 Å². The van der Waals surface area contributed by atoms with Crippen molar-refractivity contribution < 1.29 is 9.18 Å². The van der Waals surface area contributed by atoms with E-state index in [2.05, 4.69) is 4.98 Å². The molecule has 1 unspecified atom stereocenters. The number of anilines is 1. The summed E-state index contributed by atoms with van der Waals surface area (Å²) in [7, 11) is 0. The van der Waals surface area contributed by atoms with Crippen molar-refractivity contribution in [3.05, 3.63) is 23.0 Å². The number of halogens is 2. The van der Waals surface area contributed by atoms with Crippen LogP contribution in [-0.2, 0) is 4.79 Å². The van der Waals surface area contributed by atoms with Crippen LogP contribution >= 0.6 is 11.6 Å². The van der Waals surface area contributed by atoms with Crippen molar-refractivity contribution in [2.75, 3.05) is 5.73 Å². The molecule has 2 rings (SSSR count). The molecular formula is C10H10ClFN4O. The van der Waals surface area contributed by atoms with Crippen LogP contribution < -0.4 is 11.5 Å². The number of nitrogen functional groups attached to an aromatic ring is 1. The largest absolute Gasteiger partial charge is 0.369 e. The van der Waals surface area contributed by atoms with E-state index in [9.17, 15) is 9.18 Å². The monoisotopic (exact) mass is 256 g/mol. The fraction of sp³-hybridized carbons (Fsp3) is 0.200. The van der Waals surface area contributed by atoms with Gasteiger partial charge in [0.05, 0.1) is 16.1 Å². The minimum atomic E-state index is -0.679. The number of primary amides is 1. The lowest BCUT2D eigenvalue weighted by atomic mass is 10.2. The summed E-state index contributed by atoms with van der Waals surface area (Å²) in [5, 5.41) is -0.0599. The van der Waals surface area contributed by atoms with Crippen LogP contribution in [0.2, 0.25) is 5.02 Å². The van der Waals surface area contributed by atoms with Gasteiger partial charge in [-0.15, -0.1) is 0 Å². The van der Waals surface area contributed by atoms with Gasteiger partial charge in [0.15, 0.2) is 0 Å². The van der Waals surface area contributed by atoms with Gasteiger partial charge in [-0.25, -0.2) is 9.37 Å². The Kier molecular flexibility index (Phi) is 2.66. The zero-order valence-electron chi connectivity index (χ0n) is 8.95. The van der Waals surface area contributed by atoms with Gasteiger partial charge in [0.2, 0.25) is 11.9 Å². The molecule has 2 aromatic rings. The molecule has 1 amide bonds. The number of carbonyl (C=O) groups is 1. The highest BCUT2D eigenvalue weighted by atomic mass is 35.5. The van der Waals surface area contributed by atoms with Crippen molar-refractivity contribution in [1.29, 1.82) is 0 Å². The SMILES string of the molecule is CC(C(N)=O)n1c(N)nc2cc(F)c(Cl)cc21. The summed E-state index contributed by atoms with van der Waals surface area (Å²) < 4.78 is 14.7. The lowest BCUT2D eigenvalue weighted by Crippen LogP contribution is -2.24. The zero-order valence-corrected chi connectivity index (χ0v) is 9.70. The second kappa shape index (κ2) is 3.89. The standard InChI is InChI=1S/C10H10ClFN4O/c1-4(9(13)17)16-8-2-5(11)6(12)3-7(8)15-10(16)14/h2-4H,1H3,(H2,13,17)(H2,14,15). The number of nitrogens with two attached hydrogens (primary N) is 2. The molecule has 0 saturated heterocycles. The molecule has 4 N–H and O–H groups in total. The van der Waals surface area contributed by atoms with Gasteiger partial charge >= 0.3 is 0 Å². The van der Waals surface area contributed by atoms with Gasteiger partial charge in [-0.2, -0.15) is 0 Å². The minimum absolute atomic E-state index is 0.0599. The first-order valence-corrected chi connectivity index (χ1v) is 5.21. The first-order valence-electron chi connectivity index (χ1n) is 4.83. The first kappa shape index (κ1) is 11.7. The lowest BCUT2D eigenvalue weighted by Gasteiger charge is -2.12. The highest BCUT2D eigenvalue weighted by molar-refractivity contribution is 6.31. The van der Waals surface area contributed by atoms with Crippen LogP contribution in [0.15, 0.2) is 12.1 Å². The van der Waals surface area contributed by atoms with Gasteiger partial charge in [0.25, 0.3) is 0 Å². The van der Waals surface area contributed by atoms with Crippen LogP contribution in [0.25, 0.3) is 11.0 Å². The number of hydrogen-bond acceptors (Lipinski definition) is 3. The first-order chi connectivity index (χ1) is 7.91. The Morgan fingerprint density at radius 3 is 2.82 bits per heavy atom. The molecule has 1 heterocycles. The molecule has 0 bridgehead atoms. The topological polar surface area (TPSA) is 86.9 Å². The summed E-state index contributed by atoms with van der Waals surface area (Å²) >= 11 is 5.68. The third-order valence-electron chi connectivity index (χ3n) is 2.56. The Hall–Kier alpha value is -1.82. The number of carbonyl (C=O) groups excluding carboxylic acids is 1. The predicted octanol–water partition coefficient (Wildman–Crippen LogP) is 1.46. The van der Waals surface area contributed by atoms with Crippen LogP contribution in [-0.4, -0.2) is 15.5 Å². The maximum atomic E-state index is 13.2. The molecule has 1 atom stereocenters. The highest BCUT2D eigenvalue weighted by Gasteiger charge is 2.19. The van der Waals surface area contributed by atoms with Crippen molar-refractivity contribution >= 4 is 34.5 Å². The number of amides is 1. The molecule has 7 heteroatoms. The van der Waals surface area contributed by atoms with Gasteiger partial charge in [-0.1, -0.05) is 11.6 Å². The van der Waals surface area contributed by atoms with Crippen molar-refractivity contribution in [2.24, 2.45) is 5.73 Å². The second-order valence-electron chi connectivity index (χ2n) is 3.67. The molecular weight excluding hydrogens is 247 g/mol. The summed E-state index contributed by atoms with van der Waals surface area (Å²) in [6, 6.07) is 1.86. The molecule has 17 heavy (non-hydrogen) atoms. The highest BCUT2D eigenvalue weighted by Crippen LogP contribution is 2.27. The fourth-order valence-corrected chi connectivity index (χ4v) is 1.80. The van der Waals surface area contributed by atoms with Crippen molar-refractivity contribution in [3.8, 4) is 0 Å². The molecule has 90 valence electrons. The van der Waals surface area contributed by atoms with E-state index in [1.165, 1.54) is 10.6 Å². The van der Waals surface area contributed by atoms with E-state index in [1.807, 2.05) is 0 Å². The Balaban J connectivity index is 2.75. The van der Waals surface area contributed by atoms with Crippen LogP contribution in [0, 0.1) is 5.82 Å².